The van der Waals surface area contributed by atoms with Crippen LogP contribution in [0.15, 0.2) is 71.2 Å². The van der Waals surface area contributed by atoms with Gasteiger partial charge in [0.1, 0.15) is 6.61 Å². The Morgan fingerprint density at radius 3 is 2.67 bits per heavy atom. The van der Waals surface area contributed by atoms with Crippen molar-refractivity contribution in [3.63, 3.8) is 0 Å². The van der Waals surface area contributed by atoms with Gasteiger partial charge in [0.15, 0.2) is 5.96 Å². The molecule has 176 valence electrons. The number of benzene rings is 1. The van der Waals surface area contributed by atoms with Gasteiger partial charge in [-0.1, -0.05) is 36.4 Å². The van der Waals surface area contributed by atoms with Crippen molar-refractivity contribution in [3.05, 3.63) is 77.3 Å². The van der Waals surface area contributed by atoms with Crippen LogP contribution in [0.2, 0.25) is 0 Å². The highest BCUT2D eigenvalue weighted by molar-refractivity contribution is 14.0. The lowest BCUT2D eigenvalue weighted by Crippen LogP contribution is -2.48. The highest BCUT2D eigenvalue weighted by Gasteiger charge is 2.20. The summed E-state index contributed by atoms with van der Waals surface area (Å²) in [5, 5.41) is 10.5. The number of aliphatic imine (C=N–C) groups is 1. The van der Waals surface area contributed by atoms with Gasteiger partial charge < -0.3 is 20.3 Å². The normalized spacial score (nSPS) is 14.5. The first kappa shape index (κ1) is 25.3. The number of piperidine rings is 1. The summed E-state index contributed by atoms with van der Waals surface area (Å²) in [5.41, 5.74) is 2.10. The molecule has 3 aromatic rings. The number of hydrogen-bond donors (Lipinski definition) is 2. The minimum absolute atomic E-state index is 0. The number of rotatable bonds is 8. The number of pyridine rings is 1. The highest BCUT2D eigenvalue weighted by atomic mass is 127. The molecule has 33 heavy (non-hydrogen) atoms. The van der Waals surface area contributed by atoms with Gasteiger partial charge in [-0.05, 0) is 48.9 Å². The van der Waals surface area contributed by atoms with Crippen molar-refractivity contribution in [2.24, 2.45) is 4.99 Å². The van der Waals surface area contributed by atoms with Crippen molar-refractivity contribution < 1.29 is 4.74 Å². The summed E-state index contributed by atoms with van der Waals surface area (Å²) in [5.74, 6) is 1.49. The molecule has 8 heteroatoms. The molecule has 1 aliphatic rings. The van der Waals surface area contributed by atoms with E-state index in [4.69, 9.17) is 9.73 Å². The van der Waals surface area contributed by atoms with Crippen molar-refractivity contribution in [1.29, 1.82) is 0 Å². The van der Waals surface area contributed by atoms with Crippen LogP contribution < -0.4 is 20.3 Å². The lowest BCUT2D eigenvalue weighted by atomic mass is 10.1. The molecule has 3 heterocycles. The number of anilines is 1. The lowest BCUT2D eigenvalue weighted by Gasteiger charge is -2.33. The second kappa shape index (κ2) is 13.4. The van der Waals surface area contributed by atoms with Crippen LogP contribution in [0, 0.1) is 0 Å². The molecule has 0 atom stereocenters. The van der Waals surface area contributed by atoms with E-state index in [1.165, 1.54) is 5.00 Å². The average molecular weight is 578 g/mol. The van der Waals surface area contributed by atoms with Crippen molar-refractivity contribution >= 4 is 46.3 Å². The second-order valence-electron chi connectivity index (χ2n) is 7.79. The van der Waals surface area contributed by atoms with E-state index in [1.807, 2.05) is 41.7 Å². The van der Waals surface area contributed by atoms with Crippen molar-refractivity contribution in [1.82, 2.24) is 15.6 Å². The molecule has 0 radical (unpaired) electrons. The maximum absolute atomic E-state index is 5.99. The van der Waals surface area contributed by atoms with Crippen molar-refractivity contribution in [2.75, 3.05) is 24.5 Å². The van der Waals surface area contributed by atoms with E-state index in [2.05, 4.69) is 57.1 Å². The molecule has 0 unspecified atom stereocenters. The third kappa shape index (κ3) is 7.60. The molecule has 1 aromatic carbocycles. The molecule has 1 aliphatic heterocycles. The molecule has 6 nitrogen and oxygen atoms in total. The first-order valence-corrected chi connectivity index (χ1v) is 12.1. The smallest absolute Gasteiger partial charge is 0.218 e. The van der Waals surface area contributed by atoms with E-state index in [0.717, 1.165) is 49.6 Å². The van der Waals surface area contributed by atoms with E-state index in [-0.39, 0.29) is 24.0 Å². The number of aromatic nitrogens is 1. The standard InChI is InChI=1S/C25H31N5OS.HI/c1-2-26-25(29-22-12-15-30(16-13-22)23-11-7-17-32-23)28-18-21-10-6-14-27-24(21)31-19-20-8-4-3-5-9-20;/h3-11,14,17,22H,2,12-13,15-16,18-19H2,1H3,(H2,26,28,29);1H. The van der Waals surface area contributed by atoms with Gasteiger partial charge in [-0.15, -0.1) is 35.3 Å². The van der Waals surface area contributed by atoms with Gasteiger partial charge in [0.05, 0.1) is 11.5 Å². The molecular weight excluding hydrogens is 545 g/mol. The van der Waals surface area contributed by atoms with Gasteiger partial charge in [-0.3, -0.25) is 0 Å². The average Bonchev–Trinajstić information content (AvgIpc) is 3.38. The molecule has 0 spiro atoms. The van der Waals surface area contributed by atoms with E-state index in [9.17, 15) is 0 Å². The summed E-state index contributed by atoms with van der Waals surface area (Å²) in [6, 6.07) is 18.9. The molecule has 4 rings (SSSR count). The van der Waals surface area contributed by atoms with Gasteiger partial charge in [0.25, 0.3) is 0 Å². The number of halogens is 1. The topological polar surface area (TPSA) is 61.8 Å². The van der Waals surface area contributed by atoms with Crippen LogP contribution in [0.25, 0.3) is 0 Å². The van der Waals surface area contributed by atoms with Crippen molar-refractivity contribution in [2.45, 2.75) is 39.0 Å². The lowest BCUT2D eigenvalue weighted by molar-refractivity contribution is 0.290. The fraction of sp³-hybridized carbons (Fsp3) is 0.360. The number of hydrogen-bond acceptors (Lipinski definition) is 5. The van der Waals surface area contributed by atoms with E-state index >= 15 is 0 Å². The summed E-state index contributed by atoms with van der Waals surface area (Å²) in [6.45, 7) is 6.06. The zero-order valence-corrected chi connectivity index (χ0v) is 22.1. The van der Waals surface area contributed by atoms with Crippen LogP contribution in [0.1, 0.15) is 30.9 Å². The fourth-order valence-electron chi connectivity index (χ4n) is 3.77. The Morgan fingerprint density at radius 2 is 1.94 bits per heavy atom. The maximum Gasteiger partial charge on any atom is 0.218 e. The van der Waals surface area contributed by atoms with Gasteiger partial charge in [-0.2, -0.15) is 0 Å². The van der Waals surface area contributed by atoms with Gasteiger partial charge in [-0.25, -0.2) is 9.98 Å². The van der Waals surface area contributed by atoms with Crippen LogP contribution in [0.3, 0.4) is 0 Å². The number of nitrogens with one attached hydrogen (secondary N) is 2. The van der Waals surface area contributed by atoms with Crippen LogP contribution >= 0.6 is 35.3 Å². The Labute approximate surface area is 217 Å². The first-order chi connectivity index (χ1) is 15.8. The Bertz CT molecular complexity index is 975. The van der Waals surface area contributed by atoms with Gasteiger partial charge in [0, 0.05) is 37.4 Å². The van der Waals surface area contributed by atoms with Crippen LogP contribution in [0.5, 0.6) is 5.88 Å². The van der Waals surface area contributed by atoms with Gasteiger partial charge in [0.2, 0.25) is 5.88 Å². The monoisotopic (exact) mass is 577 g/mol. The van der Waals surface area contributed by atoms with Gasteiger partial charge >= 0.3 is 0 Å². The molecule has 2 aromatic heterocycles. The Hall–Kier alpha value is -2.33. The number of nitrogens with zero attached hydrogens (tertiary/aromatic N) is 3. The first-order valence-electron chi connectivity index (χ1n) is 11.3. The zero-order chi connectivity index (χ0) is 22.0. The molecule has 0 amide bonds. The third-order valence-electron chi connectivity index (χ3n) is 5.47. The molecular formula is C25H32IN5OS. The van der Waals surface area contributed by atoms with Crippen molar-refractivity contribution in [3.8, 4) is 5.88 Å². The van der Waals surface area contributed by atoms with E-state index < -0.39 is 0 Å². The fourth-order valence-corrected chi connectivity index (χ4v) is 4.56. The van der Waals surface area contributed by atoms with E-state index in [0.29, 0.717) is 25.1 Å². The summed E-state index contributed by atoms with van der Waals surface area (Å²) in [4.78, 5) is 11.7. The number of ether oxygens (including phenoxy) is 1. The minimum Gasteiger partial charge on any atom is -0.473 e. The second-order valence-corrected chi connectivity index (χ2v) is 8.72. The molecule has 0 saturated carbocycles. The van der Waals surface area contributed by atoms with Crippen LogP contribution in [0.4, 0.5) is 5.00 Å². The Balaban J connectivity index is 0.00000306. The summed E-state index contributed by atoms with van der Waals surface area (Å²) < 4.78 is 5.99. The summed E-state index contributed by atoms with van der Waals surface area (Å²) in [7, 11) is 0. The molecule has 1 fully saturated rings. The van der Waals surface area contributed by atoms with E-state index in [1.54, 1.807) is 6.20 Å². The zero-order valence-electron chi connectivity index (χ0n) is 18.9. The Kier molecular flexibility index (Phi) is 10.3. The third-order valence-corrected chi connectivity index (χ3v) is 6.40. The SMILES string of the molecule is CCNC(=NCc1cccnc1OCc1ccccc1)NC1CCN(c2cccs2)CC1.I. The Morgan fingerprint density at radius 1 is 1.12 bits per heavy atom. The van der Waals surface area contributed by atoms with Crippen LogP contribution in [-0.4, -0.2) is 36.6 Å². The predicted octanol–water partition coefficient (Wildman–Crippen LogP) is 5.06. The quantitative estimate of drug-likeness (QED) is 0.223. The number of guanidine groups is 1. The maximum atomic E-state index is 5.99. The summed E-state index contributed by atoms with van der Waals surface area (Å²) in [6.07, 6.45) is 3.96. The number of thiophene rings is 1. The molecule has 2 N–H and O–H groups in total. The van der Waals surface area contributed by atoms with Crippen LogP contribution in [-0.2, 0) is 13.2 Å². The molecule has 0 aliphatic carbocycles. The highest BCUT2D eigenvalue weighted by Crippen LogP contribution is 2.25. The minimum atomic E-state index is 0. The molecule has 1 saturated heterocycles. The largest absolute Gasteiger partial charge is 0.473 e. The molecule has 0 bridgehead atoms. The summed E-state index contributed by atoms with van der Waals surface area (Å²) >= 11 is 1.81. The predicted molar refractivity (Wildman–Crippen MR) is 148 cm³/mol.